The van der Waals surface area contributed by atoms with Gasteiger partial charge in [-0.2, -0.15) is 0 Å². The van der Waals surface area contributed by atoms with Crippen LogP contribution in [0.3, 0.4) is 0 Å². The van der Waals surface area contributed by atoms with Crippen molar-refractivity contribution in [1.29, 1.82) is 0 Å². The molecule has 0 bridgehead atoms. The van der Waals surface area contributed by atoms with Crippen LogP contribution in [0.15, 0.2) is 43.0 Å². The van der Waals surface area contributed by atoms with Crippen molar-refractivity contribution in [3.63, 3.8) is 0 Å². The summed E-state index contributed by atoms with van der Waals surface area (Å²) in [5, 5.41) is 0.00447. The molecule has 0 fully saturated rings. The Morgan fingerprint density at radius 1 is 1.30 bits per heavy atom. The lowest BCUT2D eigenvalue weighted by atomic mass is 10.3. The summed E-state index contributed by atoms with van der Waals surface area (Å²) in [7, 11) is -4.06. The Labute approximate surface area is 147 Å². The van der Waals surface area contributed by atoms with Gasteiger partial charge in [-0.15, -0.1) is 0 Å². The van der Waals surface area contributed by atoms with Crippen LogP contribution in [0.5, 0.6) is 0 Å². The zero-order valence-electron chi connectivity index (χ0n) is 10.9. The summed E-state index contributed by atoms with van der Waals surface area (Å²) in [5.74, 6) is -0.738. The minimum atomic E-state index is -4.06. The SMILES string of the molecule is O=c1[nH]c2cc(Br)c(S(=O)(=O)Nc3ccc(Cl)nc3)c(Cl)c2o1. The Morgan fingerprint density at radius 3 is 2.70 bits per heavy atom. The lowest BCUT2D eigenvalue weighted by molar-refractivity contribution is 0.554. The quantitative estimate of drug-likeness (QED) is 0.609. The number of rotatable bonds is 3. The van der Waals surface area contributed by atoms with Gasteiger partial charge in [0.15, 0.2) is 5.58 Å². The summed E-state index contributed by atoms with van der Waals surface area (Å²) in [6, 6.07) is 4.27. The molecular formula is C12H6BrCl2N3O4S. The number of nitrogens with zero attached hydrogens (tertiary/aromatic N) is 1. The molecular weight excluding hydrogens is 433 g/mol. The Balaban J connectivity index is 2.14. The van der Waals surface area contributed by atoms with Gasteiger partial charge in [-0.1, -0.05) is 23.2 Å². The van der Waals surface area contributed by atoms with Crippen molar-refractivity contribution in [2.45, 2.75) is 4.90 Å². The second-order valence-electron chi connectivity index (χ2n) is 4.37. The molecule has 0 unspecified atom stereocenters. The summed E-state index contributed by atoms with van der Waals surface area (Å²) < 4.78 is 32.5. The summed E-state index contributed by atoms with van der Waals surface area (Å²) in [6.45, 7) is 0. The van der Waals surface area contributed by atoms with Crippen molar-refractivity contribution >= 4 is 65.9 Å². The molecule has 11 heteroatoms. The van der Waals surface area contributed by atoms with Gasteiger partial charge < -0.3 is 4.42 Å². The van der Waals surface area contributed by atoms with Gasteiger partial charge in [0, 0.05) is 4.47 Å². The highest BCUT2D eigenvalue weighted by Crippen LogP contribution is 2.36. The van der Waals surface area contributed by atoms with Gasteiger partial charge in [0.1, 0.15) is 15.1 Å². The average Bonchev–Trinajstić information content (AvgIpc) is 2.81. The van der Waals surface area contributed by atoms with Gasteiger partial charge >= 0.3 is 5.76 Å². The van der Waals surface area contributed by atoms with Crippen LogP contribution in [0.2, 0.25) is 10.2 Å². The van der Waals surface area contributed by atoms with Gasteiger partial charge in [0.25, 0.3) is 10.0 Å². The Morgan fingerprint density at radius 2 is 2.04 bits per heavy atom. The van der Waals surface area contributed by atoms with Crippen LogP contribution >= 0.6 is 39.1 Å². The first-order chi connectivity index (χ1) is 10.8. The lowest BCUT2D eigenvalue weighted by Gasteiger charge is -2.11. The first-order valence-electron chi connectivity index (χ1n) is 5.93. The highest BCUT2D eigenvalue weighted by molar-refractivity contribution is 9.10. The fourth-order valence-corrected chi connectivity index (χ4v) is 4.91. The predicted molar refractivity (Wildman–Crippen MR) is 89.6 cm³/mol. The standard InChI is InChI=1S/C12H6BrCl2N3O4S/c13-6-3-7-10(22-12(19)17-7)9(15)11(6)23(20,21)18-5-1-2-8(14)16-4-5/h1-4,18H,(H,17,19). The Bertz CT molecular complexity index is 1060. The van der Waals surface area contributed by atoms with Crippen LogP contribution in [0.25, 0.3) is 11.1 Å². The van der Waals surface area contributed by atoms with E-state index >= 15 is 0 Å². The third kappa shape index (κ3) is 3.09. The number of H-pyrrole nitrogens is 1. The fraction of sp³-hybridized carbons (Fsp3) is 0. The molecule has 0 radical (unpaired) electrons. The van der Waals surface area contributed by atoms with E-state index in [9.17, 15) is 13.2 Å². The minimum absolute atomic E-state index is 0.0468. The van der Waals surface area contributed by atoms with Crippen LogP contribution in [0.1, 0.15) is 0 Å². The van der Waals surface area contributed by atoms with E-state index in [2.05, 4.69) is 30.6 Å². The maximum absolute atomic E-state index is 12.6. The topological polar surface area (TPSA) is 105 Å². The number of fused-ring (bicyclic) bond motifs is 1. The van der Waals surface area contributed by atoms with E-state index in [-0.39, 0.29) is 36.3 Å². The number of nitrogens with one attached hydrogen (secondary N) is 2. The molecule has 0 saturated carbocycles. The molecule has 0 aliphatic rings. The number of sulfonamides is 1. The van der Waals surface area contributed by atoms with Crippen molar-refractivity contribution in [2.24, 2.45) is 0 Å². The molecule has 0 spiro atoms. The van der Waals surface area contributed by atoms with Crippen LogP contribution in [0.4, 0.5) is 5.69 Å². The van der Waals surface area contributed by atoms with Gasteiger partial charge in [-0.25, -0.2) is 18.2 Å². The first-order valence-corrected chi connectivity index (χ1v) is 8.96. The summed E-state index contributed by atoms with van der Waals surface area (Å²) >= 11 is 14.9. The number of hydrogen-bond acceptors (Lipinski definition) is 5. The average molecular weight is 439 g/mol. The van der Waals surface area contributed by atoms with Gasteiger partial charge in [-0.3, -0.25) is 9.71 Å². The first kappa shape index (κ1) is 16.3. The van der Waals surface area contributed by atoms with Crippen LogP contribution in [0, 0.1) is 0 Å². The lowest BCUT2D eigenvalue weighted by Crippen LogP contribution is -2.14. The smallest absolute Gasteiger partial charge is 0.406 e. The number of hydrogen-bond donors (Lipinski definition) is 2. The predicted octanol–water partition coefficient (Wildman–Crippen LogP) is 3.39. The molecule has 23 heavy (non-hydrogen) atoms. The van der Waals surface area contributed by atoms with E-state index in [0.29, 0.717) is 0 Å². The van der Waals surface area contributed by atoms with E-state index in [1.165, 1.54) is 24.4 Å². The molecule has 2 aromatic heterocycles. The second kappa shape index (κ2) is 5.82. The fourth-order valence-electron chi connectivity index (χ4n) is 1.89. The molecule has 0 saturated heterocycles. The van der Waals surface area contributed by atoms with Crippen molar-refractivity contribution in [3.05, 3.63) is 49.6 Å². The molecule has 0 atom stereocenters. The summed E-state index contributed by atoms with van der Waals surface area (Å²) in [5.41, 5.74) is 0.432. The van der Waals surface area contributed by atoms with Crippen molar-refractivity contribution < 1.29 is 12.8 Å². The van der Waals surface area contributed by atoms with E-state index in [4.69, 9.17) is 27.6 Å². The van der Waals surface area contributed by atoms with E-state index in [1.807, 2.05) is 0 Å². The third-order valence-electron chi connectivity index (χ3n) is 2.81. The van der Waals surface area contributed by atoms with Crippen molar-refractivity contribution in [3.8, 4) is 0 Å². The molecule has 0 aliphatic heterocycles. The van der Waals surface area contributed by atoms with Gasteiger partial charge in [0.2, 0.25) is 0 Å². The molecule has 2 heterocycles. The Hall–Kier alpha value is -1.55. The number of anilines is 1. The van der Waals surface area contributed by atoms with Gasteiger partial charge in [-0.05, 0) is 34.1 Å². The largest absolute Gasteiger partial charge is 0.417 e. The van der Waals surface area contributed by atoms with Crippen molar-refractivity contribution in [2.75, 3.05) is 4.72 Å². The molecule has 0 aliphatic carbocycles. The molecule has 120 valence electrons. The molecule has 7 nitrogen and oxygen atoms in total. The number of oxazole rings is 1. The zero-order valence-corrected chi connectivity index (χ0v) is 14.8. The number of benzene rings is 1. The molecule has 3 aromatic rings. The highest BCUT2D eigenvalue weighted by Gasteiger charge is 2.26. The summed E-state index contributed by atoms with van der Waals surface area (Å²) in [6.07, 6.45) is 1.26. The Kier molecular flexibility index (Phi) is 4.13. The number of pyridine rings is 1. The molecule has 0 amide bonds. The molecule has 1 aromatic carbocycles. The summed E-state index contributed by atoms with van der Waals surface area (Å²) in [4.78, 5) is 17.2. The van der Waals surface area contributed by atoms with Crippen LogP contribution < -0.4 is 10.5 Å². The van der Waals surface area contributed by atoms with Gasteiger partial charge in [0.05, 0.1) is 17.4 Å². The van der Waals surface area contributed by atoms with Crippen LogP contribution in [-0.4, -0.2) is 18.4 Å². The van der Waals surface area contributed by atoms with Crippen LogP contribution in [-0.2, 0) is 10.0 Å². The molecule has 2 N–H and O–H groups in total. The van der Waals surface area contributed by atoms with E-state index < -0.39 is 15.8 Å². The number of aromatic nitrogens is 2. The van der Waals surface area contributed by atoms with E-state index in [0.717, 1.165) is 0 Å². The molecule has 3 rings (SSSR count). The zero-order chi connectivity index (χ0) is 16.8. The maximum Gasteiger partial charge on any atom is 0.417 e. The number of aromatic amines is 1. The van der Waals surface area contributed by atoms with E-state index in [1.54, 1.807) is 0 Å². The monoisotopic (exact) mass is 437 g/mol. The maximum atomic E-state index is 12.6. The number of halogens is 3. The van der Waals surface area contributed by atoms with Crippen molar-refractivity contribution in [1.82, 2.24) is 9.97 Å². The minimum Gasteiger partial charge on any atom is -0.406 e. The highest BCUT2D eigenvalue weighted by atomic mass is 79.9. The normalized spacial score (nSPS) is 11.8. The second-order valence-corrected chi connectivity index (χ2v) is 7.61. The third-order valence-corrected chi connectivity index (χ3v) is 5.86.